The molecule has 1 unspecified atom stereocenters. The molecule has 0 spiro atoms. The van der Waals surface area contributed by atoms with Crippen LogP contribution in [0, 0.1) is 5.41 Å². The molecule has 1 atom stereocenters. The number of likely N-dealkylation sites (N-methyl/N-ethyl adjacent to an activating group) is 2. The Kier molecular flexibility index (Phi) is 7.58. The first kappa shape index (κ1) is 23.1. The number of methoxy groups -OCH3 is 1. The van der Waals surface area contributed by atoms with Gasteiger partial charge in [0.25, 0.3) is 0 Å². The molecule has 3 N–H and O–H groups in total. The summed E-state index contributed by atoms with van der Waals surface area (Å²) in [5.74, 6) is -0.386. The van der Waals surface area contributed by atoms with E-state index in [0.29, 0.717) is 36.9 Å². The van der Waals surface area contributed by atoms with Crippen LogP contribution in [-0.2, 0) is 9.53 Å². The first-order valence-electron chi connectivity index (χ1n) is 9.96. The molecule has 2 aliphatic heterocycles. The van der Waals surface area contributed by atoms with Crippen molar-refractivity contribution in [1.82, 2.24) is 15.1 Å². The summed E-state index contributed by atoms with van der Waals surface area (Å²) in [4.78, 5) is 25.9. The van der Waals surface area contributed by atoms with Crippen LogP contribution in [0.3, 0.4) is 0 Å². The van der Waals surface area contributed by atoms with Crippen molar-refractivity contribution in [3.8, 4) is 0 Å². The van der Waals surface area contributed by atoms with Crippen molar-refractivity contribution in [2.45, 2.75) is 5.92 Å². The number of ether oxygens (including phenoxy) is 1. The standard InChI is InChI=1S/C21H28BrN7O2/c1-28(2)8-7-24-21-26-18(15(19(23)27-21)12-29(3)9-10-31-4)17-14-11-13(22)5-6-16(14)25-20(17)30/h5-6,11-12,17H,7-10H2,1-4H3,(H,25,30)(H2,23,24,27)/b15-12-. The van der Waals surface area contributed by atoms with Crippen molar-refractivity contribution < 1.29 is 9.53 Å². The largest absolute Gasteiger partial charge is 0.383 e. The predicted octanol–water partition coefficient (Wildman–Crippen LogP) is 1.89. The number of benzene rings is 1. The van der Waals surface area contributed by atoms with Gasteiger partial charge in [-0.25, -0.2) is 4.99 Å². The summed E-state index contributed by atoms with van der Waals surface area (Å²) >= 11 is 3.49. The van der Waals surface area contributed by atoms with E-state index in [-0.39, 0.29) is 11.7 Å². The van der Waals surface area contributed by atoms with E-state index in [1.165, 1.54) is 0 Å². The first-order valence-corrected chi connectivity index (χ1v) is 10.8. The van der Waals surface area contributed by atoms with Crippen LogP contribution in [0.2, 0.25) is 0 Å². The molecule has 0 aromatic heterocycles. The summed E-state index contributed by atoms with van der Waals surface area (Å²) in [6.45, 7) is 2.60. The van der Waals surface area contributed by atoms with Crippen LogP contribution in [0.5, 0.6) is 0 Å². The van der Waals surface area contributed by atoms with Crippen molar-refractivity contribution in [3.05, 3.63) is 40.0 Å². The molecular weight excluding hydrogens is 462 g/mol. The molecule has 1 aromatic carbocycles. The van der Waals surface area contributed by atoms with Crippen molar-refractivity contribution >= 4 is 45.0 Å². The van der Waals surface area contributed by atoms with Crippen LogP contribution in [0.15, 0.2) is 44.4 Å². The molecule has 0 saturated carbocycles. The van der Waals surface area contributed by atoms with Crippen molar-refractivity contribution in [2.75, 3.05) is 59.8 Å². The summed E-state index contributed by atoms with van der Waals surface area (Å²) in [6.07, 6.45) is 1.81. The molecule has 0 bridgehead atoms. The minimum absolute atomic E-state index is 0.0675. The van der Waals surface area contributed by atoms with E-state index in [0.717, 1.165) is 22.3 Å². The predicted molar refractivity (Wildman–Crippen MR) is 127 cm³/mol. The summed E-state index contributed by atoms with van der Waals surface area (Å²) < 4.78 is 6.02. The van der Waals surface area contributed by atoms with E-state index >= 15 is 0 Å². The topological polar surface area (TPSA) is 105 Å². The Morgan fingerprint density at radius 3 is 2.77 bits per heavy atom. The minimum Gasteiger partial charge on any atom is -0.383 e. The van der Waals surface area contributed by atoms with Gasteiger partial charge in [-0.15, -0.1) is 0 Å². The highest BCUT2D eigenvalue weighted by Crippen LogP contribution is 2.37. The fourth-order valence-corrected chi connectivity index (χ4v) is 3.71. The van der Waals surface area contributed by atoms with Crippen LogP contribution < -0.4 is 10.6 Å². The highest BCUT2D eigenvalue weighted by atomic mass is 79.9. The number of hydrogen-bond acceptors (Lipinski definition) is 7. The van der Waals surface area contributed by atoms with Crippen LogP contribution >= 0.6 is 15.9 Å². The molecule has 0 radical (unpaired) electrons. The molecule has 0 aliphatic carbocycles. The fourth-order valence-electron chi connectivity index (χ4n) is 3.33. The van der Waals surface area contributed by atoms with E-state index in [1.807, 2.05) is 55.3 Å². The molecule has 0 saturated heterocycles. The zero-order valence-electron chi connectivity index (χ0n) is 18.2. The lowest BCUT2D eigenvalue weighted by molar-refractivity contribution is -0.115. The maximum absolute atomic E-state index is 13.0. The van der Waals surface area contributed by atoms with Crippen LogP contribution in [0.25, 0.3) is 0 Å². The minimum atomic E-state index is -0.629. The Hall–Kier alpha value is -2.56. The third-order valence-corrected chi connectivity index (χ3v) is 5.43. The summed E-state index contributed by atoms with van der Waals surface area (Å²) in [5.41, 5.74) is 2.60. The number of anilines is 1. The number of nitrogens with one attached hydrogen (secondary N) is 3. The van der Waals surface area contributed by atoms with E-state index in [9.17, 15) is 4.79 Å². The second-order valence-corrected chi connectivity index (χ2v) is 8.60. The molecule has 9 nitrogen and oxygen atoms in total. The number of carbonyl (C=O) groups excluding carboxylic acids is 1. The quantitative estimate of drug-likeness (QED) is 0.516. The van der Waals surface area contributed by atoms with Gasteiger partial charge in [0.05, 0.1) is 17.9 Å². The highest BCUT2D eigenvalue weighted by Gasteiger charge is 2.39. The molecule has 1 amide bonds. The third-order valence-electron chi connectivity index (χ3n) is 4.93. The number of nitrogens with zero attached hydrogens (tertiary/aromatic N) is 4. The number of guanidine groups is 1. The number of amidine groups is 1. The summed E-state index contributed by atoms with van der Waals surface area (Å²) in [5, 5.41) is 14.7. The van der Waals surface area contributed by atoms with Gasteiger partial charge in [0, 0.05) is 50.2 Å². The molecule has 2 heterocycles. The van der Waals surface area contributed by atoms with Crippen LogP contribution in [0.4, 0.5) is 5.69 Å². The smallest absolute Gasteiger partial charge is 0.238 e. The number of carbonyl (C=O) groups is 1. The van der Waals surface area contributed by atoms with Gasteiger partial charge in [-0.05, 0) is 37.9 Å². The van der Waals surface area contributed by atoms with Gasteiger partial charge in [-0.1, -0.05) is 15.9 Å². The second-order valence-electron chi connectivity index (χ2n) is 7.68. The highest BCUT2D eigenvalue weighted by molar-refractivity contribution is 9.10. The average molecular weight is 490 g/mol. The lowest BCUT2D eigenvalue weighted by atomic mass is 9.90. The summed E-state index contributed by atoms with van der Waals surface area (Å²) in [6, 6.07) is 5.67. The van der Waals surface area contributed by atoms with Crippen molar-refractivity contribution in [2.24, 2.45) is 9.98 Å². The molecule has 10 heteroatoms. The number of amides is 1. The zero-order chi connectivity index (χ0) is 22.5. The number of halogens is 1. The number of rotatable bonds is 8. The van der Waals surface area contributed by atoms with E-state index in [2.05, 4.69) is 31.6 Å². The van der Waals surface area contributed by atoms with Gasteiger partial charge in [-0.2, -0.15) is 4.99 Å². The SMILES string of the molecule is COCCN(C)/C=C1\C(=N)N=C(NCCN(C)C)N=C1C1C(=O)Nc2ccc(Br)cc21. The molecule has 166 valence electrons. The van der Waals surface area contributed by atoms with Gasteiger partial charge in [0.2, 0.25) is 11.9 Å². The summed E-state index contributed by atoms with van der Waals surface area (Å²) in [7, 11) is 7.50. The van der Waals surface area contributed by atoms with E-state index in [4.69, 9.17) is 15.1 Å². The van der Waals surface area contributed by atoms with Crippen molar-refractivity contribution in [1.29, 1.82) is 5.41 Å². The number of aliphatic imine (C=N–C) groups is 2. The molecule has 31 heavy (non-hydrogen) atoms. The molecular formula is C21H28BrN7O2. The lowest BCUT2D eigenvalue weighted by Crippen LogP contribution is -2.37. The fraction of sp³-hybridized carbons (Fsp3) is 0.429. The van der Waals surface area contributed by atoms with Gasteiger partial charge in [0.15, 0.2) is 5.84 Å². The first-order chi connectivity index (χ1) is 14.8. The number of hydrogen-bond donors (Lipinski definition) is 3. The Morgan fingerprint density at radius 1 is 1.29 bits per heavy atom. The lowest BCUT2D eigenvalue weighted by Gasteiger charge is -2.23. The molecule has 2 aliphatic rings. The van der Waals surface area contributed by atoms with Crippen molar-refractivity contribution in [3.63, 3.8) is 0 Å². The molecule has 1 aromatic rings. The number of fused-ring (bicyclic) bond motifs is 1. The van der Waals surface area contributed by atoms with Crippen LogP contribution in [-0.4, -0.2) is 87.7 Å². The molecule has 3 rings (SSSR count). The second kappa shape index (κ2) is 10.2. The van der Waals surface area contributed by atoms with E-state index < -0.39 is 5.92 Å². The van der Waals surface area contributed by atoms with E-state index in [1.54, 1.807) is 7.11 Å². The average Bonchev–Trinajstić information content (AvgIpc) is 3.02. The zero-order valence-corrected chi connectivity index (χ0v) is 19.8. The maximum Gasteiger partial charge on any atom is 0.238 e. The van der Waals surface area contributed by atoms with Gasteiger partial charge < -0.3 is 25.2 Å². The Morgan fingerprint density at radius 2 is 2.06 bits per heavy atom. The monoisotopic (exact) mass is 489 g/mol. The third kappa shape index (κ3) is 5.57. The normalized spacial score (nSPS) is 19.3. The van der Waals surface area contributed by atoms with Gasteiger partial charge in [-0.3, -0.25) is 10.2 Å². The molecule has 0 fully saturated rings. The maximum atomic E-state index is 13.0. The Labute approximate surface area is 190 Å². The van der Waals surface area contributed by atoms with Gasteiger partial charge in [0.1, 0.15) is 5.92 Å². The Bertz CT molecular complexity index is 955. The Balaban J connectivity index is 2.00. The van der Waals surface area contributed by atoms with Gasteiger partial charge >= 0.3 is 0 Å². The van der Waals surface area contributed by atoms with Crippen LogP contribution in [0.1, 0.15) is 11.5 Å².